The van der Waals surface area contributed by atoms with Crippen molar-refractivity contribution < 1.29 is 18.0 Å². The first-order chi connectivity index (χ1) is 10.0. The quantitative estimate of drug-likeness (QED) is 0.857. The van der Waals surface area contributed by atoms with Gasteiger partial charge in [0.1, 0.15) is 0 Å². The van der Waals surface area contributed by atoms with Crippen molar-refractivity contribution in [2.45, 2.75) is 19.9 Å². The van der Waals surface area contributed by atoms with Crippen LogP contribution in [0, 0.1) is 17.5 Å². The first-order valence-corrected chi connectivity index (χ1v) is 6.52. The van der Waals surface area contributed by atoms with Crippen LogP contribution in [0.4, 0.5) is 13.2 Å². The molecule has 0 aliphatic heterocycles. The largest absolute Gasteiger partial charge is 0.348 e. The molecular formula is C16H14F3NO. The average Bonchev–Trinajstić information content (AvgIpc) is 2.49. The number of benzene rings is 2. The molecule has 0 bridgehead atoms. The third-order valence-electron chi connectivity index (χ3n) is 3.18. The van der Waals surface area contributed by atoms with Gasteiger partial charge in [-0.2, -0.15) is 0 Å². The molecule has 5 heteroatoms. The van der Waals surface area contributed by atoms with Gasteiger partial charge in [0.2, 0.25) is 0 Å². The maximum Gasteiger partial charge on any atom is 0.251 e. The van der Waals surface area contributed by atoms with Gasteiger partial charge in [-0.3, -0.25) is 4.79 Å². The molecule has 0 unspecified atom stereocenters. The van der Waals surface area contributed by atoms with Crippen molar-refractivity contribution in [3.63, 3.8) is 0 Å². The van der Waals surface area contributed by atoms with Crippen molar-refractivity contribution in [2.75, 3.05) is 0 Å². The van der Waals surface area contributed by atoms with E-state index in [4.69, 9.17) is 0 Å². The van der Waals surface area contributed by atoms with Crippen LogP contribution in [-0.2, 0) is 13.0 Å². The number of halogens is 3. The van der Waals surface area contributed by atoms with E-state index in [0.29, 0.717) is 12.1 Å². The molecule has 0 spiro atoms. The first kappa shape index (κ1) is 15.1. The third kappa shape index (κ3) is 3.42. The molecule has 110 valence electrons. The molecule has 0 aliphatic carbocycles. The Morgan fingerprint density at radius 1 is 1.05 bits per heavy atom. The zero-order valence-electron chi connectivity index (χ0n) is 11.4. The monoisotopic (exact) mass is 293 g/mol. The predicted molar refractivity (Wildman–Crippen MR) is 73.3 cm³/mol. The first-order valence-electron chi connectivity index (χ1n) is 6.52. The lowest BCUT2D eigenvalue weighted by atomic mass is 10.1. The summed E-state index contributed by atoms with van der Waals surface area (Å²) >= 11 is 0. The lowest BCUT2D eigenvalue weighted by Gasteiger charge is -2.09. The maximum absolute atomic E-state index is 13.1. The molecule has 0 aliphatic rings. The summed E-state index contributed by atoms with van der Waals surface area (Å²) in [6, 6.07) is 8.91. The third-order valence-corrected chi connectivity index (χ3v) is 3.18. The molecule has 2 nitrogen and oxygen atoms in total. The molecule has 0 fully saturated rings. The summed E-state index contributed by atoms with van der Waals surface area (Å²) in [6.07, 6.45) is 0.811. The Kier molecular flexibility index (Phi) is 4.62. The number of hydrogen-bond donors (Lipinski definition) is 1. The van der Waals surface area contributed by atoms with E-state index >= 15 is 0 Å². The lowest BCUT2D eigenvalue weighted by molar-refractivity contribution is 0.0949. The van der Waals surface area contributed by atoms with Crippen molar-refractivity contribution in [1.82, 2.24) is 5.32 Å². The van der Waals surface area contributed by atoms with Crippen LogP contribution in [0.1, 0.15) is 28.4 Å². The van der Waals surface area contributed by atoms with Gasteiger partial charge in [0.15, 0.2) is 17.5 Å². The van der Waals surface area contributed by atoms with Crippen LogP contribution in [-0.4, -0.2) is 5.91 Å². The number of nitrogens with one attached hydrogen (secondary N) is 1. The highest BCUT2D eigenvalue weighted by molar-refractivity contribution is 5.94. The SMILES string of the molecule is CCc1ccccc1CNC(=O)c1cc(F)c(F)c(F)c1. The smallest absolute Gasteiger partial charge is 0.251 e. The van der Waals surface area contributed by atoms with Gasteiger partial charge in [-0.1, -0.05) is 31.2 Å². The summed E-state index contributed by atoms with van der Waals surface area (Å²) < 4.78 is 39.0. The lowest BCUT2D eigenvalue weighted by Crippen LogP contribution is -2.23. The number of carbonyl (C=O) groups excluding carboxylic acids is 1. The van der Waals surface area contributed by atoms with Gasteiger partial charge in [-0.25, -0.2) is 13.2 Å². The van der Waals surface area contributed by atoms with E-state index in [-0.39, 0.29) is 12.1 Å². The fraction of sp³-hybridized carbons (Fsp3) is 0.188. The Bertz CT molecular complexity index is 647. The molecule has 0 atom stereocenters. The summed E-state index contributed by atoms with van der Waals surface area (Å²) in [5.41, 5.74) is 1.76. The molecule has 1 amide bonds. The summed E-state index contributed by atoms with van der Waals surface area (Å²) in [5, 5.41) is 2.57. The molecule has 2 aromatic rings. The summed E-state index contributed by atoms with van der Waals surface area (Å²) in [6.45, 7) is 2.23. The van der Waals surface area contributed by atoms with Crippen molar-refractivity contribution in [3.05, 3.63) is 70.5 Å². The van der Waals surface area contributed by atoms with E-state index in [9.17, 15) is 18.0 Å². The Morgan fingerprint density at radius 2 is 1.62 bits per heavy atom. The zero-order valence-corrected chi connectivity index (χ0v) is 11.4. The minimum Gasteiger partial charge on any atom is -0.348 e. The molecule has 0 heterocycles. The summed E-state index contributed by atoms with van der Waals surface area (Å²) in [7, 11) is 0. The minimum atomic E-state index is -1.58. The second-order valence-electron chi connectivity index (χ2n) is 4.56. The van der Waals surface area contributed by atoms with Crippen LogP contribution in [0.2, 0.25) is 0 Å². The molecular weight excluding hydrogens is 279 g/mol. The van der Waals surface area contributed by atoms with Crippen LogP contribution in [0.25, 0.3) is 0 Å². The van der Waals surface area contributed by atoms with Crippen molar-refractivity contribution in [2.24, 2.45) is 0 Å². The fourth-order valence-corrected chi connectivity index (χ4v) is 2.04. The molecule has 2 aromatic carbocycles. The average molecular weight is 293 g/mol. The normalized spacial score (nSPS) is 10.5. The number of carbonyl (C=O) groups is 1. The van der Waals surface area contributed by atoms with E-state index in [2.05, 4.69) is 5.32 Å². The van der Waals surface area contributed by atoms with Crippen LogP contribution in [0.15, 0.2) is 36.4 Å². The van der Waals surface area contributed by atoms with Crippen LogP contribution in [0.3, 0.4) is 0 Å². The van der Waals surface area contributed by atoms with Crippen LogP contribution in [0.5, 0.6) is 0 Å². The molecule has 2 rings (SSSR count). The number of hydrogen-bond acceptors (Lipinski definition) is 1. The highest BCUT2D eigenvalue weighted by Gasteiger charge is 2.15. The van der Waals surface area contributed by atoms with E-state index in [0.717, 1.165) is 17.5 Å². The van der Waals surface area contributed by atoms with Crippen molar-refractivity contribution in [3.8, 4) is 0 Å². The van der Waals surface area contributed by atoms with Gasteiger partial charge >= 0.3 is 0 Å². The van der Waals surface area contributed by atoms with E-state index in [1.165, 1.54) is 0 Å². The Morgan fingerprint density at radius 3 is 2.19 bits per heavy atom. The van der Waals surface area contributed by atoms with Gasteiger partial charge in [0, 0.05) is 12.1 Å². The van der Waals surface area contributed by atoms with Gasteiger partial charge in [0.25, 0.3) is 5.91 Å². The fourth-order valence-electron chi connectivity index (χ4n) is 2.04. The van der Waals surface area contributed by atoms with E-state index < -0.39 is 23.4 Å². The van der Waals surface area contributed by atoms with Crippen molar-refractivity contribution in [1.29, 1.82) is 0 Å². The highest BCUT2D eigenvalue weighted by atomic mass is 19.2. The number of rotatable bonds is 4. The second-order valence-corrected chi connectivity index (χ2v) is 4.56. The van der Waals surface area contributed by atoms with Crippen LogP contribution < -0.4 is 5.32 Å². The maximum atomic E-state index is 13.1. The zero-order chi connectivity index (χ0) is 15.4. The second kappa shape index (κ2) is 6.43. The predicted octanol–water partition coefficient (Wildman–Crippen LogP) is 3.60. The highest BCUT2D eigenvalue weighted by Crippen LogP contribution is 2.14. The molecule has 21 heavy (non-hydrogen) atoms. The van der Waals surface area contributed by atoms with E-state index in [1.807, 2.05) is 31.2 Å². The number of amides is 1. The van der Waals surface area contributed by atoms with Crippen LogP contribution >= 0.6 is 0 Å². The Labute approximate surface area is 120 Å². The number of aryl methyl sites for hydroxylation is 1. The van der Waals surface area contributed by atoms with Gasteiger partial charge in [-0.05, 0) is 29.7 Å². The summed E-state index contributed by atoms with van der Waals surface area (Å²) in [5.74, 6) is -5.00. The van der Waals surface area contributed by atoms with Gasteiger partial charge in [0.05, 0.1) is 0 Å². The Hall–Kier alpha value is -2.30. The van der Waals surface area contributed by atoms with E-state index in [1.54, 1.807) is 0 Å². The minimum absolute atomic E-state index is 0.240. The molecule has 0 saturated heterocycles. The van der Waals surface area contributed by atoms with Gasteiger partial charge in [-0.15, -0.1) is 0 Å². The standard InChI is InChI=1S/C16H14F3NO/c1-2-10-5-3-4-6-11(10)9-20-16(21)12-7-13(17)15(19)14(18)8-12/h3-8H,2,9H2,1H3,(H,20,21). The Balaban J connectivity index is 2.12. The van der Waals surface area contributed by atoms with Gasteiger partial charge < -0.3 is 5.32 Å². The molecule has 0 saturated carbocycles. The molecule has 1 N–H and O–H groups in total. The summed E-state index contributed by atoms with van der Waals surface area (Å²) in [4.78, 5) is 11.9. The molecule has 0 aromatic heterocycles. The van der Waals surface area contributed by atoms with Crippen molar-refractivity contribution >= 4 is 5.91 Å². The molecule has 0 radical (unpaired) electrons. The topological polar surface area (TPSA) is 29.1 Å².